The van der Waals surface area contributed by atoms with Gasteiger partial charge in [-0.3, -0.25) is 0 Å². The fourth-order valence-corrected chi connectivity index (χ4v) is 0.387. The molecule has 0 amide bonds. The number of hydrogen-bond acceptors (Lipinski definition) is 4. The molecular formula is C6H12N2OS2. The van der Waals surface area contributed by atoms with Crippen LogP contribution in [0, 0.1) is 21.3 Å². The van der Waals surface area contributed by atoms with Crippen molar-refractivity contribution in [1.82, 2.24) is 0 Å². The highest BCUT2D eigenvalue weighted by atomic mass is 32.2. The largest absolute Gasteiger partial charge is 0.412 e. The Labute approximate surface area is 76.1 Å². The van der Waals surface area contributed by atoms with E-state index in [4.69, 9.17) is 10.5 Å². The quantitative estimate of drug-likeness (QED) is 0.623. The minimum Gasteiger partial charge on any atom is -0.412 e. The molecule has 3 nitrogen and oxygen atoms in total. The zero-order chi connectivity index (χ0) is 8.24. The highest BCUT2D eigenvalue weighted by Gasteiger charge is 1.65. The van der Waals surface area contributed by atoms with E-state index in [0.29, 0.717) is 0 Å². The smallest absolute Gasteiger partial charge is 0.133 e. The molecule has 0 aliphatic carbocycles. The summed E-state index contributed by atoms with van der Waals surface area (Å²) in [7, 11) is 0. The van der Waals surface area contributed by atoms with Gasteiger partial charge in [-0.2, -0.15) is 10.5 Å². The van der Waals surface area contributed by atoms with Gasteiger partial charge >= 0.3 is 0 Å². The first-order valence-corrected chi connectivity index (χ1v) is 4.82. The first-order chi connectivity index (χ1) is 4.83. The number of thioether (sulfide) groups is 2. The fraction of sp³-hybridized carbons (Fsp3) is 0.667. The Bertz CT molecular complexity index is 112. The molecule has 0 saturated heterocycles. The van der Waals surface area contributed by atoms with E-state index in [1.54, 1.807) is 0 Å². The molecule has 0 aromatic rings. The standard InChI is InChI=1S/2C3H5NS.H2O/c2*1-2-5-3-4;/h2*2H2,1H3;1H2. The summed E-state index contributed by atoms with van der Waals surface area (Å²) in [6, 6.07) is 0. The topological polar surface area (TPSA) is 79.1 Å². The van der Waals surface area contributed by atoms with Crippen LogP contribution in [0.1, 0.15) is 13.8 Å². The predicted octanol–water partition coefficient (Wildman–Crippen LogP) is 1.62. The molecular weight excluding hydrogens is 180 g/mol. The predicted molar refractivity (Wildman–Crippen MR) is 51.1 cm³/mol. The Morgan fingerprint density at radius 1 is 1.00 bits per heavy atom. The average molecular weight is 192 g/mol. The van der Waals surface area contributed by atoms with Gasteiger partial charge in [0.15, 0.2) is 0 Å². The molecule has 0 rings (SSSR count). The molecule has 0 spiro atoms. The van der Waals surface area contributed by atoms with Crippen molar-refractivity contribution in [1.29, 1.82) is 10.5 Å². The van der Waals surface area contributed by atoms with Crippen LogP contribution in [0.4, 0.5) is 0 Å². The lowest BCUT2D eigenvalue weighted by atomic mass is 11.0. The third-order valence-electron chi connectivity index (χ3n) is 0.418. The molecule has 0 fully saturated rings. The van der Waals surface area contributed by atoms with Crippen LogP contribution in [0.2, 0.25) is 0 Å². The normalized spacial score (nSPS) is 5.82. The summed E-state index contributed by atoms with van der Waals surface area (Å²) in [6.07, 6.45) is 0. The van der Waals surface area contributed by atoms with Crippen LogP contribution in [0.3, 0.4) is 0 Å². The first kappa shape index (κ1) is 16.9. The highest BCUT2D eigenvalue weighted by molar-refractivity contribution is 8.03. The van der Waals surface area contributed by atoms with Gasteiger partial charge in [0.2, 0.25) is 0 Å². The summed E-state index contributed by atoms with van der Waals surface area (Å²) in [5, 5.41) is 19.4. The van der Waals surface area contributed by atoms with Crippen molar-refractivity contribution in [2.24, 2.45) is 0 Å². The Balaban J connectivity index is -0.000000107. The van der Waals surface area contributed by atoms with Crippen molar-refractivity contribution >= 4 is 23.5 Å². The minimum atomic E-state index is 0. The molecule has 0 aliphatic heterocycles. The molecule has 5 heteroatoms. The van der Waals surface area contributed by atoms with Gasteiger partial charge in [0, 0.05) is 11.5 Å². The van der Waals surface area contributed by atoms with Gasteiger partial charge in [-0.1, -0.05) is 13.8 Å². The molecule has 0 atom stereocenters. The lowest BCUT2D eigenvalue weighted by molar-refractivity contribution is 0.824. The van der Waals surface area contributed by atoms with E-state index >= 15 is 0 Å². The second-order valence-electron chi connectivity index (χ2n) is 1.05. The van der Waals surface area contributed by atoms with Crippen LogP contribution in [-0.4, -0.2) is 17.0 Å². The summed E-state index contributed by atoms with van der Waals surface area (Å²) in [5.74, 6) is 1.80. The lowest BCUT2D eigenvalue weighted by Gasteiger charge is -1.65. The molecule has 0 aromatic carbocycles. The first-order valence-electron chi connectivity index (χ1n) is 2.85. The van der Waals surface area contributed by atoms with Gasteiger partial charge in [-0.25, -0.2) is 0 Å². The second-order valence-corrected chi connectivity index (χ2v) is 3.15. The summed E-state index contributed by atoms with van der Waals surface area (Å²) >= 11 is 2.54. The maximum absolute atomic E-state index is 7.78. The number of nitriles is 2. The molecule has 64 valence electrons. The molecule has 0 aromatic heterocycles. The lowest BCUT2D eigenvalue weighted by Crippen LogP contribution is -1.52. The van der Waals surface area contributed by atoms with Gasteiger partial charge < -0.3 is 5.48 Å². The van der Waals surface area contributed by atoms with E-state index in [-0.39, 0.29) is 5.48 Å². The third kappa shape index (κ3) is 42.5. The zero-order valence-electron chi connectivity index (χ0n) is 6.63. The molecule has 0 saturated carbocycles. The van der Waals surface area contributed by atoms with Crippen LogP contribution < -0.4 is 0 Å². The molecule has 0 bridgehead atoms. The summed E-state index contributed by atoms with van der Waals surface area (Å²) in [6.45, 7) is 3.90. The van der Waals surface area contributed by atoms with E-state index in [2.05, 4.69) is 0 Å². The number of thiocyanates is 2. The third-order valence-corrected chi connectivity index (χ3v) is 1.25. The second kappa shape index (κ2) is 22.6. The summed E-state index contributed by atoms with van der Waals surface area (Å²) in [5.41, 5.74) is 0. The van der Waals surface area contributed by atoms with E-state index in [9.17, 15) is 0 Å². The van der Waals surface area contributed by atoms with E-state index < -0.39 is 0 Å². The summed E-state index contributed by atoms with van der Waals surface area (Å²) < 4.78 is 0. The van der Waals surface area contributed by atoms with Crippen LogP contribution in [0.15, 0.2) is 0 Å². The molecule has 0 unspecified atom stereocenters. The Morgan fingerprint density at radius 3 is 1.27 bits per heavy atom. The van der Waals surface area contributed by atoms with Gasteiger partial charge in [-0.05, 0) is 23.5 Å². The van der Waals surface area contributed by atoms with Gasteiger partial charge in [0.1, 0.15) is 10.8 Å². The van der Waals surface area contributed by atoms with Crippen molar-refractivity contribution in [2.45, 2.75) is 13.8 Å². The van der Waals surface area contributed by atoms with E-state index in [1.165, 1.54) is 23.5 Å². The van der Waals surface area contributed by atoms with Crippen molar-refractivity contribution in [3.63, 3.8) is 0 Å². The zero-order valence-corrected chi connectivity index (χ0v) is 8.26. The van der Waals surface area contributed by atoms with Crippen LogP contribution in [0.25, 0.3) is 0 Å². The van der Waals surface area contributed by atoms with Crippen LogP contribution in [0.5, 0.6) is 0 Å². The molecule has 11 heavy (non-hydrogen) atoms. The van der Waals surface area contributed by atoms with E-state index in [1.807, 2.05) is 24.6 Å². The molecule has 0 heterocycles. The van der Waals surface area contributed by atoms with Crippen molar-refractivity contribution in [3.05, 3.63) is 0 Å². The Kier molecular flexibility index (Phi) is 34.8. The minimum absolute atomic E-state index is 0. The van der Waals surface area contributed by atoms with E-state index in [0.717, 1.165) is 11.5 Å². The van der Waals surface area contributed by atoms with Crippen molar-refractivity contribution in [2.75, 3.05) is 11.5 Å². The average Bonchev–Trinajstić information content (AvgIpc) is 1.93. The molecule has 2 N–H and O–H groups in total. The van der Waals surface area contributed by atoms with Crippen molar-refractivity contribution in [3.8, 4) is 10.8 Å². The van der Waals surface area contributed by atoms with Crippen molar-refractivity contribution < 1.29 is 5.48 Å². The summed E-state index contributed by atoms with van der Waals surface area (Å²) in [4.78, 5) is 0. The molecule has 0 radical (unpaired) electrons. The van der Waals surface area contributed by atoms with Crippen LogP contribution >= 0.6 is 23.5 Å². The number of rotatable bonds is 2. The monoisotopic (exact) mass is 192 g/mol. The molecule has 0 aliphatic rings. The number of hydrogen-bond donors (Lipinski definition) is 0. The maximum Gasteiger partial charge on any atom is 0.133 e. The van der Waals surface area contributed by atoms with Gasteiger partial charge in [-0.15, -0.1) is 0 Å². The Morgan fingerprint density at radius 2 is 1.27 bits per heavy atom. The van der Waals surface area contributed by atoms with Crippen LogP contribution in [-0.2, 0) is 0 Å². The van der Waals surface area contributed by atoms with Gasteiger partial charge in [0.25, 0.3) is 0 Å². The highest BCUT2D eigenvalue weighted by Crippen LogP contribution is 1.90. The number of nitrogens with zero attached hydrogens (tertiary/aromatic N) is 2. The van der Waals surface area contributed by atoms with Gasteiger partial charge in [0.05, 0.1) is 0 Å². The Hall–Kier alpha value is -0.360. The fourth-order valence-electron chi connectivity index (χ4n) is 0.129. The SMILES string of the molecule is CCSC#N.CCSC#N.O. The maximum atomic E-state index is 7.78.